The third-order valence-electron chi connectivity index (χ3n) is 4.56. The number of anilines is 1. The average Bonchev–Trinajstić information content (AvgIpc) is 2.98. The Labute approximate surface area is 185 Å². The molecule has 1 aliphatic rings. The Balaban J connectivity index is 1.43. The first-order valence-electron chi connectivity index (χ1n) is 9.35. The monoisotopic (exact) mass is 468 g/mol. The van der Waals surface area contributed by atoms with Gasteiger partial charge >= 0.3 is 12.1 Å². The highest BCUT2D eigenvalue weighted by atomic mass is 35.5. The second kappa shape index (κ2) is 9.39. The zero-order chi connectivity index (χ0) is 23.5. The van der Waals surface area contributed by atoms with Crippen molar-refractivity contribution in [3.63, 3.8) is 0 Å². The van der Waals surface area contributed by atoms with E-state index in [2.05, 4.69) is 5.32 Å². The Morgan fingerprint density at radius 3 is 2.25 bits per heavy atom. The minimum Gasteiger partial charge on any atom is -0.456 e. The van der Waals surface area contributed by atoms with E-state index in [1.54, 1.807) is 24.3 Å². The fourth-order valence-electron chi connectivity index (χ4n) is 3.06. The molecule has 0 aromatic heterocycles. The number of nitrogens with one attached hydrogen (secondary N) is 1. The third kappa shape index (κ3) is 5.25. The number of fused-ring (bicyclic) bond motifs is 1. The molecule has 168 valence electrons. The number of hydrogen-bond donors (Lipinski definition) is 1. The molecule has 0 spiro atoms. The summed E-state index contributed by atoms with van der Waals surface area (Å²) in [7, 11) is 0. The lowest BCUT2D eigenvalue weighted by molar-refractivity contribution is -0.147. The van der Waals surface area contributed by atoms with Crippen LogP contribution in [-0.4, -0.2) is 41.7 Å². The zero-order valence-corrected chi connectivity index (χ0v) is 17.1. The average molecular weight is 469 g/mol. The van der Waals surface area contributed by atoms with Crippen molar-refractivity contribution in [3.8, 4) is 0 Å². The van der Waals surface area contributed by atoms with Gasteiger partial charge in [0, 0.05) is 18.7 Å². The van der Waals surface area contributed by atoms with Gasteiger partial charge in [-0.3, -0.25) is 24.1 Å². The largest absolute Gasteiger partial charge is 0.456 e. The molecule has 0 aliphatic carbocycles. The summed E-state index contributed by atoms with van der Waals surface area (Å²) < 4.78 is 43.4. The Kier molecular flexibility index (Phi) is 6.83. The molecule has 3 amide bonds. The molecule has 0 bridgehead atoms. The molecular weight excluding hydrogens is 453 g/mol. The highest BCUT2D eigenvalue weighted by Gasteiger charge is 2.35. The molecule has 2 aromatic rings. The van der Waals surface area contributed by atoms with Crippen LogP contribution in [0.15, 0.2) is 42.5 Å². The summed E-state index contributed by atoms with van der Waals surface area (Å²) in [5.41, 5.74) is -0.671. The van der Waals surface area contributed by atoms with E-state index in [0.717, 1.165) is 11.0 Å². The highest BCUT2D eigenvalue weighted by molar-refractivity contribution is 6.31. The molecule has 1 N–H and O–H groups in total. The van der Waals surface area contributed by atoms with Crippen LogP contribution in [0.5, 0.6) is 0 Å². The first-order valence-corrected chi connectivity index (χ1v) is 9.73. The molecule has 0 unspecified atom stereocenters. The maximum Gasteiger partial charge on any atom is 0.417 e. The van der Waals surface area contributed by atoms with E-state index < -0.39 is 47.1 Å². The molecule has 0 atom stereocenters. The van der Waals surface area contributed by atoms with Crippen LogP contribution in [-0.2, 0) is 20.5 Å². The smallest absolute Gasteiger partial charge is 0.417 e. The summed E-state index contributed by atoms with van der Waals surface area (Å²) in [5.74, 6) is -2.49. The van der Waals surface area contributed by atoms with E-state index in [1.807, 2.05) is 0 Å². The van der Waals surface area contributed by atoms with Crippen molar-refractivity contribution < 1.29 is 37.1 Å². The Hall–Kier alpha value is -3.40. The number of alkyl halides is 3. The SMILES string of the molecule is O=C(COC(=O)CCCN1C(=O)c2ccccc2C1=O)Nc1ccc(Cl)c(C(F)(F)F)c1. The standard InChI is InChI=1S/C21H16ClF3N2O5/c22-16-8-7-12(10-15(16)21(23,24)25)26-17(28)11-32-18(29)6-3-9-27-19(30)13-4-1-2-5-14(13)20(27)31/h1-2,4-5,7-8,10H,3,6,9,11H2,(H,26,28). The van der Waals surface area contributed by atoms with Crippen molar-refractivity contribution >= 4 is 41.0 Å². The van der Waals surface area contributed by atoms with Gasteiger partial charge < -0.3 is 10.1 Å². The van der Waals surface area contributed by atoms with Gasteiger partial charge in [-0.05, 0) is 36.8 Å². The van der Waals surface area contributed by atoms with Crippen LogP contribution in [0, 0.1) is 0 Å². The van der Waals surface area contributed by atoms with Gasteiger partial charge in [-0.1, -0.05) is 23.7 Å². The van der Waals surface area contributed by atoms with Crippen LogP contribution < -0.4 is 5.32 Å². The van der Waals surface area contributed by atoms with E-state index >= 15 is 0 Å². The summed E-state index contributed by atoms with van der Waals surface area (Å²) in [4.78, 5) is 49.2. The van der Waals surface area contributed by atoms with Crippen molar-refractivity contribution in [2.45, 2.75) is 19.0 Å². The van der Waals surface area contributed by atoms with Gasteiger partial charge in [0.2, 0.25) is 0 Å². The number of carbonyl (C=O) groups is 4. The predicted molar refractivity (Wildman–Crippen MR) is 107 cm³/mol. The van der Waals surface area contributed by atoms with E-state index in [4.69, 9.17) is 16.3 Å². The van der Waals surface area contributed by atoms with Gasteiger partial charge in [-0.15, -0.1) is 0 Å². The van der Waals surface area contributed by atoms with Crippen molar-refractivity contribution in [2.24, 2.45) is 0 Å². The summed E-state index contributed by atoms with van der Waals surface area (Å²) in [6.45, 7) is -0.714. The van der Waals surface area contributed by atoms with E-state index in [1.165, 1.54) is 6.07 Å². The van der Waals surface area contributed by atoms with Gasteiger partial charge in [0.25, 0.3) is 17.7 Å². The molecule has 0 fully saturated rings. The van der Waals surface area contributed by atoms with Crippen LogP contribution in [0.4, 0.5) is 18.9 Å². The normalized spacial score (nSPS) is 13.2. The molecule has 2 aromatic carbocycles. The summed E-state index contributed by atoms with van der Waals surface area (Å²) in [5, 5.41) is 1.67. The van der Waals surface area contributed by atoms with Crippen molar-refractivity contribution in [1.82, 2.24) is 4.90 Å². The molecule has 0 saturated carbocycles. The van der Waals surface area contributed by atoms with Crippen LogP contribution in [0.1, 0.15) is 39.1 Å². The molecule has 11 heteroatoms. The van der Waals surface area contributed by atoms with E-state index in [0.29, 0.717) is 17.2 Å². The number of hydrogen-bond acceptors (Lipinski definition) is 5. The lowest BCUT2D eigenvalue weighted by Crippen LogP contribution is -2.31. The second-order valence-electron chi connectivity index (χ2n) is 6.81. The Morgan fingerprint density at radius 1 is 1.03 bits per heavy atom. The number of rotatable bonds is 7. The number of carbonyl (C=O) groups excluding carboxylic acids is 4. The Bertz CT molecular complexity index is 1050. The maximum atomic E-state index is 12.9. The van der Waals surface area contributed by atoms with Crippen molar-refractivity contribution in [3.05, 3.63) is 64.2 Å². The minimum atomic E-state index is -4.69. The highest BCUT2D eigenvalue weighted by Crippen LogP contribution is 2.36. The summed E-state index contributed by atoms with van der Waals surface area (Å²) >= 11 is 5.51. The fourth-order valence-corrected chi connectivity index (χ4v) is 3.28. The summed E-state index contributed by atoms with van der Waals surface area (Å²) in [6.07, 6.45) is -4.73. The number of imide groups is 1. The maximum absolute atomic E-state index is 12.9. The van der Waals surface area contributed by atoms with Gasteiger partial charge in [0.1, 0.15) is 0 Å². The summed E-state index contributed by atoms with van der Waals surface area (Å²) in [6, 6.07) is 9.21. The lowest BCUT2D eigenvalue weighted by atomic mass is 10.1. The minimum absolute atomic E-state index is 0.00135. The predicted octanol–water partition coefficient (Wildman–Crippen LogP) is 3.92. The number of nitrogens with zero attached hydrogens (tertiary/aromatic N) is 1. The number of esters is 1. The van der Waals surface area contributed by atoms with E-state index in [9.17, 15) is 32.3 Å². The number of benzene rings is 2. The van der Waals surface area contributed by atoms with Crippen LogP contribution in [0.3, 0.4) is 0 Å². The third-order valence-corrected chi connectivity index (χ3v) is 4.89. The van der Waals surface area contributed by atoms with Gasteiger partial charge in [0.15, 0.2) is 6.61 Å². The molecular formula is C21H16ClF3N2O5. The molecule has 1 aliphatic heterocycles. The van der Waals surface area contributed by atoms with Crippen LogP contribution in [0.25, 0.3) is 0 Å². The number of amides is 3. The fraction of sp³-hybridized carbons (Fsp3) is 0.238. The zero-order valence-electron chi connectivity index (χ0n) is 16.4. The lowest BCUT2D eigenvalue weighted by Gasteiger charge is -2.13. The number of halogens is 4. The van der Waals surface area contributed by atoms with Crippen LogP contribution >= 0.6 is 11.6 Å². The molecule has 3 rings (SSSR count). The molecule has 32 heavy (non-hydrogen) atoms. The van der Waals surface area contributed by atoms with Gasteiger partial charge in [0.05, 0.1) is 21.7 Å². The molecule has 0 radical (unpaired) electrons. The Morgan fingerprint density at radius 2 is 1.66 bits per heavy atom. The first-order chi connectivity index (χ1) is 15.1. The van der Waals surface area contributed by atoms with Crippen LogP contribution in [0.2, 0.25) is 5.02 Å². The van der Waals surface area contributed by atoms with Crippen molar-refractivity contribution in [1.29, 1.82) is 0 Å². The molecule has 1 heterocycles. The number of ether oxygens (including phenoxy) is 1. The first kappa shape index (κ1) is 23.3. The quantitative estimate of drug-likeness (QED) is 0.491. The topological polar surface area (TPSA) is 92.8 Å². The van der Waals surface area contributed by atoms with Crippen molar-refractivity contribution in [2.75, 3.05) is 18.5 Å². The molecule has 0 saturated heterocycles. The molecule has 7 nitrogen and oxygen atoms in total. The van der Waals surface area contributed by atoms with Gasteiger partial charge in [-0.2, -0.15) is 13.2 Å². The van der Waals surface area contributed by atoms with Gasteiger partial charge in [-0.25, -0.2) is 0 Å². The van der Waals surface area contributed by atoms with E-state index in [-0.39, 0.29) is 25.1 Å². The second-order valence-corrected chi connectivity index (χ2v) is 7.22.